The third kappa shape index (κ3) is 3.99. The topological polar surface area (TPSA) is 70.4 Å². The van der Waals surface area contributed by atoms with Gasteiger partial charge in [0, 0.05) is 17.8 Å². The van der Waals surface area contributed by atoms with E-state index in [0.717, 1.165) is 48.1 Å². The minimum absolute atomic E-state index is 0.102. The highest BCUT2D eigenvalue weighted by atomic mass is 32.1. The van der Waals surface area contributed by atoms with Crippen molar-refractivity contribution in [1.82, 2.24) is 9.55 Å². The molecule has 0 amide bonds. The standard InChI is InChI=1S/C23H26N2O4S/c1-3-6-19-24-21-20(17-7-4-8-18(17)30-21)22(26)25(19)13-5-14-29-16-11-9-15(10-12-16)23(27)28-2/h9-12H,3-8,13-14H2,1-2H3. The summed E-state index contributed by atoms with van der Waals surface area (Å²) in [5.41, 5.74) is 1.82. The Morgan fingerprint density at radius 1 is 1.23 bits per heavy atom. The molecule has 158 valence electrons. The van der Waals surface area contributed by atoms with E-state index in [1.54, 1.807) is 35.6 Å². The van der Waals surface area contributed by atoms with Gasteiger partial charge in [0.25, 0.3) is 5.56 Å². The fourth-order valence-corrected chi connectivity index (χ4v) is 5.25. The number of fused-ring (bicyclic) bond motifs is 3. The summed E-state index contributed by atoms with van der Waals surface area (Å²) in [5, 5.41) is 0.840. The number of carbonyl (C=O) groups excluding carboxylic acids is 1. The summed E-state index contributed by atoms with van der Waals surface area (Å²) in [6, 6.07) is 6.87. The van der Waals surface area contributed by atoms with Crippen LogP contribution in [-0.4, -0.2) is 29.2 Å². The predicted molar refractivity (Wildman–Crippen MR) is 118 cm³/mol. The van der Waals surface area contributed by atoms with Crippen LogP contribution in [0.5, 0.6) is 5.75 Å². The molecule has 2 aromatic heterocycles. The van der Waals surface area contributed by atoms with Gasteiger partial charge in [0.15, 0.2) is 0 Å². The molecule has 4 rings (SSSR count). The molecule has 0 spiro atoms. The van der Waals surface area contributed by atoms with Gasteiger partial charge in [0.2, 0.25) is 0 Å². The van der Waals surface area contributed by atoms with Gasteiger partial charge in [-0.1, -0.05) is 6.92 Å². The quantitative estimate of drug-likeness (QED) is 0.400. The van der Waals surface area contributed by atoms with E-state index in [4.69, 9.17) is 14.5 Å². The monoisotopic (exact) mass is 426 g/mol. The van der Waals surface area contributed by atoms with Gasteiger partial charge in [-0.2, -0.15) is 0 Å². The van der Waals surface area contributed by atoms with E-state index < -0.39 is 0 Å². The summed E-state index contributed by atoms with van der Waals surface area (Å²) in [5.74, 6) is 1.19. The first-order valence-electron chi connectivity index (χ1n) is 10.5. The molecule has 0 atom stereocenters. The number of aromatic nitrogens is 2. The van der Waals surface area contributed by atoms with E-state index in [0.29, 0.717) is 30.9 Å². The van der Waals surface area contributed by atoms with Gasteiger partial charge < -0.3 is 9.47 Å². The van der Waals surface area contributed by atoms with Crippen molar-refractivity contribution in [3.8, 4) is 5.75 Å². The molecule has 0 fully saturated rings. The number of thiophene rings is 1. The van der Waals surface area contributed by atoms with Crippen molar-refractivity contribution in [2.24, 2.45) is 0 Å². The second-order valence-corrected chi connectivity index (χ2v) is 8.57. The van der Waals surface area contributed by atoms with Crippen LogP contribution in [0.1, 0.15) is 52.8 Å². The highest BCUT2D eigenvalue weighted by Crippen LogP contribution is 2.34. The number of esters is 1. The number of ether oxygens (including phenoxy) is 2. The van der Waals surface area contributed by atoms with Crippen LogP contribution in [0.15, 0.2) is 29.1 Å². The van der Waals surface area contributed by atoms with Crippen molar-refractivity contribution < 1.29 is 14.3 Å². The number of aryl methyl sites for hydroxylation is 3. The minimum Gasteiger partial charge on any atom is -0.494 e. The van der Waals surface area contributed by atoms with E-state index in [1.807, 2.05) is 4.57 Å². The van der Waals surface area contributed by atoms with Crippen LogP contribution in [0.2, 0.25) is 0 Å². The molecule has 0 saturated carbocycles. The molecule has 1 aliphatic carbocycles. The van der Waals surface area contributed by atoms with Crippen molar-refractivity contribution >= 4 is 27.5 Å². The van der Waals surface area contributed by atoms with E-state index >= 15 is 0 Å². The van der Waals surface area contributed by atoms with Gasteiger partial charge in [-0.05, 0) is 61.9 Å². The molecule has 1 aliphatic rings. The Labute approximate surface area is 179 Å². The molecule has 0 saturated heterocycles. The summed E-state index contributed by atoms with van der Waals surface area (Å²) in [6.45, 7) is 3.17. The Hall–Kier alpha value is -2.67. The normalized spacial score (nSPS) is 12.9. The molecular weight excluding hydrogens is 400 g/mol. The maximum atomic E-state index is 13.3. The highest BCUT2D eigenvalue weighted by Gasteiger charge is 2.22. The van der Waals surface area contributed by atoms with Gasteiger partial charge in [0.1, 0.15) is 16.4 Å². The number of methoxy groups -OCH3 is 1. The number of nitrogens with zero attached hydrogens (tertiary/aromatic N) is 2. The van der Waals surface area contributed by atoms with E-state index in [-0.39, 0.29) is 11.5 Å². The number of benzene rings is 1. The summed E-state index contributed by atoms with van der Waals surface area (Å²) in [4.78, 5) is 31.9. The van der Waals surface area contributed by atoms with Gasteiger partial charge in [-0.25, -0.2) is 9.78 Å². The predicted octanol–water partition coefficient (Wildman–Crippen LogP) is 4.15. The molecule has 2 heterocycles. The fourth-order valence-electron chi connectivity index (χ4n) is 3.98. The SMILES string of the molecule is CCCc1nc2sc3c(c2c(=O)n1CCCOc1ccc(C(=O)OC)cc1)CCC3. The van der Waals surface area contributed by atoms with Crippen molar-refractivity contribution in [2.45, 2.75) is 52.0 Å². The molecule has 0 unspecified atom stereocenters. The Bertz CT molecular complexity index is 1110. The third-order valence-electron chi connectivity index (χ3n) is 5.45. The van der Waals surface area contributed by atoms with Crippen LogP contribution >= 0.6 is 11.3 Å². The maximum absolute atomic E-state index is 13.3. The molecule has 0 N–H and O–H groups in total. The lowest BCUT2D eigenvalue weighted by Crippen LogP contribution is -2.26. The Kier molecular flexibility index (Phi) is 6.18. The lowest BCUT2D eigenvalue weighted by molar-refractivity contribution is 0.0600. The average Bonchev–Trinajstić information content (AvgIpc) is 3.34. The second kappa shape index (κ2) is 9.00. The molecule has 7 heteroatoms. The zero-order chi connectivity index (χ0) is 21.1. The van der Waals surface area contributed by atoms with Crippen LogP contribution in [0.25, 0.3) is 10.2 Å². The number of rotatable bonds is 8. The Morgan fingerprint density at radius 2 is 2.03 bits per heavy atom. The average molecular weight is 427 g/mol. The first-order chi connectivity index (χ1) is 14.6. The van der Waals surface area contributed by atoms with E-state index in [1.165, 1.54) is 17.6 Å². The van der Waals surface area contributed by atoms with Crippen molar-refractivity contribution in [1.29, 1.82) is 0 Å². The van der Waals surface area contributed by atoms with Gasteiger partial charge in [-0.15, -0.1) is 11.3 Å². The first kappa shape index (κ1) is 20.6. The number of hydrogen-bond acceptors (Lipinski definition) is 6. The molecule has 0 radical (unpaired) electrons. The summed E-state index contributed by atoms with van der Waals surface area (Å²) in [7, 11) is 1.36. The van der Waals surface area contributed by atoms with Gasteiger partial charge in [0.05, 0.1) is 24.7 Å². The summed E-state index contributed by atoms with van der Waals surface area (Å²) in [6.07, 6.45) is 5.64. The second-order valence-electron chi connectivity index (χ2n) is 7.49. The van der Waals surface area contributed by atoms with E-state index in [9.17, 15) is 9.59 Å². The van der Waals surface area contributed by atoms with Crippen molar-refractivity contribution in [3.63, 3.8) is 0 Å². The Morgan fingerprint density at radius 3 is 2.77 bits per heavy atom. The van der Waals surface area contributed by atoms with Crippen molar-refractivity contribution in [2.75, 3.05) is 13.7 Å². The number of hydrogen-bond donors (Lipinski definition) is 0. The molecule has 0 bridgehead atoms. The zero-order valence-corrected chi connectivity index (χ0v) is 18.2. The molecule has 1 aromatic carbocycles. The maximum Gasteiger partial charge on any atom is 0.337 e. The lowest BCUT2D eigenvalue weighted by Gasteiger charge is -2.13. The van der Waals surface area contributed by atoms with Gasteiger partial charge in [-0.3, -0.25) is 9.36 Å². The third-order valence-corrected chi connectivity index (χ3v) is 6.63. The molecular formula is C23H26N2O4S. The van der Waals surface area contributed by atoms with Crippen LogP contribution < -0.4 is 10.3 Å². The molecule has 6 nitrogen and oxygen atoms in total. The van der Waals surface area contributed by atoms with Crippen LogP contribution in [0, 0.1) is 0 Å². The molecule has 0 aliphatic heterocycles. The Balaban J connectivity index is 1.46. The summed E-state index contributed by atoms with van der Waals surface area (Å²) >= 11 is 1.70. The minimum atomic E-state index is -0.368. The molecule has 30 heavy (non-hydrogen) atoms. The van der Waals surface area contributed by atoms with E-state index in [2.05, 4.69) is 6.92 Å². The zero-order valence-electron chi connectivity index (χ0n) is 17.4. The van der Waals surface area contributed by atoms with Crippen LogP contribution in [-0.2, 0) is 30.5 Å². The lowest BCUT2D eigenvalue weighted by atomic mass is 10.2. The first-order valence-corrected chi connectivity index (χ1v) is 11.3. The highest BCUT2D eigenvalue weighted by molar-refractivity contribution is 7.18. The van der Waals surface area contributed by atoms with Crippen LogP contribution in [0.3, 0.4) is 0 Å². The molecule has 3 aromatic rings. The van der Waals surface area contributed by atoms with Gasteiger partial charge >= 0.3 is 5.97 Å². The largest absolute Gasteiger partial charge is 0.494 e. The van der Waals surface area contributed by atoms with Crippen molar-refractivity contribution in [3.05, 3.63) is 56.4 Å². The van der Waals surface area contributed by atoms with Crippen LogP contribution in [0.4, 0.5) is 0 Å². The summed E-state index contributed by atoms with van der Waals surface area (Å²) < 4.78 is 12.3. The number of carbonyl (C=O) groups is 1. The smallest absolute Gasteiger partial charge is 0.337 e. The fraction of sp³-hybridized carbons (Fsp3) is 0.435.